The highest BCUT2D eigenvalue weighted by Crippen LogP contribution is 2.56. The lowest BCUT2D eigenvalue weighted by Gasteiger charge is -2.37. The van der Waals surface area contributed by atoms with Gasteiger partial charge in [-0.2, -0.15) is 8.42 Å². The van der Waals surface area contributed by atoms with Crippen molar-refractivity contribution in [1.29, 1.82) is 0 Å². The fourth-order valence-corrected chi connectivity index (χ4v) is 7.80. The van der Waals surface area contributed by atoms with Gasteiger partial charge in [0.05, 0.1) is 13.1 Å². The smallest absolute Gasteiger partial charge is 0.317 e. The molecule has 0 atom stereocenters. The zero-order chi connectivity index (χ0) is 33.4. The summed E-state index contributed by atoms with van der Waals surface area (Å²) in [6.07, 6.45) is 0. The molecule has 12 heteroatoms. The van der Waals surface area contributed by atoms with Crippen LogP contribution in [0.25, 0.3) is 0 Å². The molecule has 0 bridgehead atoms. The van der Waals surface area contributed by atoms with Gasteiger partial charge in [0.1, 0.15) is 16.4 Å². The fraction of sp³-hybridized carbons (Fsp3) is 0.394. The normalized spacial score (nSPS) is 15.0. The lowest BCUT2D eigenvalue weighted by Crippen LogP contribution is -2.35. The van der Waals surface area contributed by atoms with Crippen LogP contribution in [0.2, 0.25) is 0 Å². The van der Waals surface area contributed by atoms with Gasteiger partial charge in [-0.3, -0.25) is 9.59 Å². The van der Waals surface area contributed by atoms with Gasteiger partial charge >= 0.3 is 11.9 Å². The molecule has 0 spiro atoms. The van der Waals surface area contributed by atoms with Crippen molar-refractivity contribution in [3.05, 3.63) is 86.5 Å². The number of aromatic hydroxyl groups is 2. The second kappa shape index (κ2) is 12.8. The molecule has 4 rings (SSSR count). The highest BCUT2D eigenvalue weighted by Gasteiger charge is 2.54. The molecule has 45 heavy (non-hydrogen) atoms. The van der Waals surface area contributed by atoms with Crippen molar-refractivity contribution >= 4 is 22.1 Å². The quantitative estimate of drug-likeness (QED) is 0.155. The SMILES string of the molecule is Cc1cc(C2(c3cc(C)c(O)c(CNCC(=O)O)c3C(C)C)OS(=O)(=O)c3ccccc32)c(C(C)C)c(CNCC(=O)O)c1O. The summed E-state index contributed by atoms with van der Waals surface area (Å²) < 4.78 is 34.1. The highest BCUT2D eigenvalue weighted by molar-refractivity contribution is 7.87. The number of hydrogen-bond acceptors (Lipinski definition) is 9. The number of fused-ring (bicyclic) bond motifs is 1. The summed E-state index contributed by atoms with van der Waals surface area (Å²) in [5, 5.41) is 46.8. The van der Waals surface area contributed by atoms with Crippen LogP contribution in [-0.2, 0) is 42.6 Å². The second-order valence-corrected chi connectivity index (χ2v) is 13.5. The van der Waals surface area contributed by atoms with Crippen LogP contribution in [0.4, 0.5) is 0 Å². The van der Waals surface area contributed by atoms with E-state index >= 15 is 0 Å². The number of phenolic OH excluding ortho intramolecular Hbond substituents is 2. The fourth-order valence-electron chi connectivity index (χ4n) is 6.38. The van der Waals surface area contributed by atoms with Crippen LogP contribution in [0.3, 0.4) is 0 Å². The molecule has 0 amide bonds. The van der Waals surface area contributed by atoms with E-state index in [1.54, 1.807) is 44.2 Å². The molecule has 242 valence electrons. The van der Waals surface area contributed by atoms with Crippen molar-refractivity contribution in [2.75, 3.05) is 13.1 Å². The van der Waals surface area contributed by atoms with Crippen molar-refractivity contribution < 1.29 is 42.6 Å². The summed E-state index contributed by atoms with van der Waals surface area (Å²) in [4.78, 5) is 22.6. The Morgan fingerprint density at radius 3 is 1.60 bits per heavy atom. The van der Waals surface area contributed by atoms with Crippen molar-refractivity contribution in [2.45, 2.75) is 77.0 Å². The molecule has 0 aromatic heterocycles. The maximum Gasteiger partial charge on any atom is 0.317 e. The number of aryl methyl sites for hydroxylation is 2. The number of carbonyl (C=O) groups is 2. The van der Waals surface area contributed by atoms with Gasteiger partial charge in [0.15, 0.2) is 5.60 Å². The van der Waals surface area contributed by atoms with E-state index in [4.69, 9.17) is 4.18 Å². The van der Waals surface area contributed by atoms with Crippen molar-refractivity contribution in [1.82, 2.24) is 10.6 Å². The van der Waals surface area contributed by atoms with Gasteiger partial charge < -0.3 is 31.1 Å². The first kappa shape index (κ1) is 33.9. The maximum absolute atomic E-state index is 13.9. The average Bonchev–Trinajstić information content (AvgIpc) is 3.19. The minimum absolute atomic E-state index is 0.0131. The molecule has 0 aliphatic carbocycles. The lowest BCUT2D eigenvalue weighted by molar-refractivity contribution is -0.137. The Labute approximate surface area is 263 Å². The predicted molar refractivity (Wildman–Crippen MR) is 167 cm³/mol. The molecule has 1 heterocycles. The molecule has 1 aliphatic heterocycles. The molecule has 6 N–H and O–H groups in total. The van der Waals surface area contributed by atoms with E-state index in [0.717, 1.165) is 0 Å². The molecule has 11 nitrogen and oxygen atoms in total. The summed E-state index contributed by atoms with van der Waals surface area (Å²) in [5.74, 6) is -2.82. The van der Waals surface area contributed by atoms with Crippen LogP contribution >= 0.6 is 0 Å². The number of phenols is 2. The number of benzene rings is 3. The minimum atomic E-state index is -4.33. The first-order chi connectivity index (χ1) is 21.0. The third-order valence-corrected chi connectivity index (χ3v) is 9.47. The molecule has 1 aliphatic rings. The zero-order valence-corrected chi connectivity index (χ0v) is 27.0. The Hall–Kier alpha value is -3.97. The summed E-state index contributed by atoms with van der Waals surface area (Å²) in [7, 11) is -4.33. The number of nitrogens with one attached hydrogen (secondary N) is 2. The van der Waals surface area contributed by atoms with E-state index in [-0.39, 0.29) is 54.4 Å². The van der Waals surface area contributed by atoms with E-state index in [0.29, 0.717) is 50.1 Å². The molecule has 0 saturated heterocycles. The number of aliphatic carboxylic acids is 2. The summed E-state index contributed by atoms with van der Waals surface area (Å²) in [6.45, 7) is 10.2. The van der Waals surface area contributed by atoms with Crippen LogP contribution in [0.15, 0.2) is 41.3 Å². The van der Waals surface area contributed by atoms with Crippen LogP contribution in [0.1, 0.15) is 89.6 Å². The molecular formula is C33H40N2O9S. The molecule has 0 saturated carbocycles. The van der Waals surface area contributed by atoms with Gasteiger partial charge in [-0.05, 0) is 77.3 Å². The Balaban J connectivity index is 2.21. The van der Waals surface area contributed by atoms with Crippen molar-refractivity contribution in [3.63, 3.8) is 0 Å². The summed E-state index contributed by atoms with van der Waals surface area (Å²) in [5.41, 5.74) is 2.30. The number of rotatable bonds is 12. The third-order valence-electron chi connectivity index (χ3n) is 8.11. The molecule has 3 aromatic rings. The summed E-state index contributed by atoms with van der Waals surface area (Å²) in [6, 6.07) is 9.89. The van der Waals surface area contributed by atoms with Crippen LogP contribution in [0.5, 0.6) is 11.5 Å². The van der Waals surface area contributed by atoms with E-state index in [9.17, 15) is 38.4 Å². The Kier molecular flexibility index (Phi) is 9.64. The largest absolute Gasteiger partial charge is 0.507 e. The minimum Gasteiger partial charge on any atom is -0.507 e. The van der Waals surface area contributed by atoms with Gasteiger partial charge in [0.2, 0.25) is 0 Å². The zero-order valence-electron chi connectivity index (χ0n) is 26.2. The van der Waals surface area contributed by atoms with Crippen LogP contribution in [0, 0.1) is 13.8 Å². The van der Waals surface area contributed by atoms with E-state index in [1.165, 1.54) is 6.07 Å². The van der Waals surface area contributed by atoms with Gasteiger partial charge in [-0.1, -0.05) is 45.9 Å². The highest BCUT2D eigenvalue weighted by atomic mass is 32.2. The predicted octanol–water partition coefficient (Wildman–Crippen LogP) is 4.32. The van der Waals surface area contributed by atoms with Crippen LogP contribution < -0.4 is 10.6 Å². The topological polar surface area (TPSA) is 182 Å². The van der Waals surface area contributed by atoms with Crippen LogP contribution in [-0.4, -0.2) is 53.9 Å². The molecule has 0 radical (unpaired) electrons. The number of hydrogen-bond donors (Lipinski definition) is 6. The second-order valence-electron chi connectivity index (χ2n) is 12.0. The maximum atomic E-state index is 13.9. The summed E-state index contributed by atoms with van der Waals surface area (Å²) >= 11 is 0. The van der Waals surface area contributed by atoms with Gasteiger partial charge in [-0.15, -0.1) is 0 Å². The van der Waals surface area contributed by atoms with E-state index in [2.05, 4.69) is 10.6 Å². The van der Waals surface area contributed by atoms with Gasteiger partial charge in [0.25, 0.3) is 10.1 Å². The number of carboxylic acids is 2. The number of carboxylic acid groups (broad SMARTS) is 2. The Morgan fingerprint density at radius 2 is 1.20 bits per heavy atom. The van der Waals surface area contributed by atoms with Crippen molar-refractivity contribution in [2.24, 2.45) is 0 Å². The standard InChI is InChI=1S/C33H40N2O9S/c1-17(2)29-21(13-34-15-27(36)37)31(40)19(5)11-24(29)33(23-9-7-8-10-26(23)45(42,43)44-33)25-12-20(6)32(41)22(30(25)18(3)4)14-35-16-28(38)39/h7-12,17-18,34-35,40-41H,13-16H2,1-6H3,(H,36,37)(H,38,39). The van der Waals surface area contributed by atoms with Gasteiger partial charge in [-0.25, -0.2) is 4.18 Å². The first-order valence-corrected chi connectivity index (χ1v) is 16.1. The molecule has 0 unspecified atom stereocenters. The third kappa shape index (κ3) is 6.15. The van der Waals surface area contributed by atoms with Crippen molar-refractivity contribution in [3.8, 4) is 11.5 Å². The first-order valence-electron chi connectivity index (χ1n) is 14.7. The lowest BCUT2D eigenvalue weighted by atomic mass is 9.71. The molecular weight excluding hydrogens is 600 g/mol. The average molecular weight is 641 g/mol. The monoisotopic (exact) mass is 640 g/mol. The molecule has 0 fully saturated rings. The Morgan fingerprint density at radius 1 is 0.778 bits per heavy atom. The molecule has 3 aromatic carbocycles. The Bertz CT molecular complexity index is 1680. The van der Waals surface area contributed by atoms with E-state index in [1.807, 2.05) is 27.7 Å². The van der Waals surface area contributed by atoms with Gasteiger partial charge in [0, 0.05) is 29.8 Å². The van der Waals surface area contributed by atoms with E-state index < -0.39 is 27.7 Å².